The van der Waals surface area contributed by atoms with Crippen molar-refractivity contribution >= 4 is 22.9 Å². The van der Waals surface area contributed by atoms with E-state index in [9.17, 15) is 4.79 Å². The van der Waals surface area contributed by atoms with E-state index < -0.39 is 0 Å². The Bertz CT molecular complexity index is 901. The van der Waals surface area contributed by atoms with E-state index in [0.29, 0.717) is 23.9 Å². The highest BCUT2D eigenvalue weighted by Crippen LogP contribution is 2.21. The summed E-state index contributed by atoms with van der Waals surface area (Å²) in [6.45, 7) is 4.90. The number of ether oxygens (including phenoxy) is 2. The van der Waals surface area contributed by atoms with Crippen LogP contribution in [0.3, 0.4) is 0 Å². The van der Waals surface area contributed by atoms with Gasteiger partial charge in [0, 0.05) is 12.7 Å². The standard InChI is InChI=1S/C19H21N3O3S/c1-13-4-5-17(6-14(13)2)25-10-15-7-18(26-11-15)19(23)21-16-8-20-22(9-16)12-24-3/h4-9,11H,10,12H2,1-3H3,(H,21,23). The van der Waals surface area contributed by atoms with Gasteiger partial charge in [-0.15, -0.1) is 11.3 Å². The van der Waals surface area contributed by atoms with Crippen LogP contribution in [0.25, 0.3) is 0 Å². The van der Waals surface area contributed by atoms with Crippen molar-refractivity contribution < 1.29 is 14.3 Å². The normalized spacial score (nSPS) is 10.7. The van der Waals surface area contributed by atoms with Crippen LogP contribution in [0.2, 0.25) is 0 Å². The number of carbonyl (C=O) groups is 1. The summed E-state index contributed by atoms with van der Waals surface area (Å²) in [7, 11) is 1.59. The van der Waals surface area contributed by atoms with Crippen LogP contribution in [-0.4, -0.2) is 22.8 Å². The molecule has 6 nitrogen and oxygen atoms in total. The van der Waals surface area contributed by atoms with E-state index in [1.54, 1.807) is 24.2 Å². The van der Waals surface area contributed by atoms with Crippen LogP contribution >= 0.6 is 11.3 Å². The molecule has 3 rings (SSSR count). The van der Waals surface area contributed by atoms with E-state index in [4.69, 9.17) is 9.47 Å². The van der Waals surface area contributed by atoms with Crippen molar-refractivity contribution in [2.75, 3.05) is 12.4 Å². The smallest absolute Gasteiger partial charge is 0.265 e. The minimum atomic E-state index is -0.163. The van der Waals surface area contributed by atoms with E-state index >= 15 is 0 Å². The number of amides is 1. The fourth-order valence-electron chi connectivity index (χ4n) is 2.36. The lowest BCUT2D eigenvalue weighted by atomic mass is 10.1. The molecule has 1 N–H and O–H groups in total. The zero-order chi connectivity index (χ0) is 18.5. The van der Waals surface area contributed by atoms with Gasteiger partial charge >= 0.3 is 0 Å². The molecule has 0 aliphatic heterocycles. The molecule has 0 aliphatic carbocycles. The van der Waals surface area contributed by atoms with Crippen LogP contribution in [-0.2, 0) is 18.1 Å². The minimum Gasteiger partial charge on any atom is -0.489 e. The number of thiophene rings is 1. The molecule has 0 bridgehead atoms. The number of carbonyl (C=O) groups excluding carboxylic acids is 1. The van der Waals surface area contributed by atoms with Gasteiger partial charge in [0.25, 0.3) is 5.91 Å². The molecule has 1 amide bonds. The molecular formula is C19H21N3O3S. The van der Waals surface area contributed by atoms with Gasteiger partial charge in [0.1, 0.15) is 19.1 Å². The average molecular weight is 371 g/mol. The first-order valence-electron chi connectivity index (χ1n) is 8.15. The van der Waals surface area contributed by atoms with Crippen molar-refractivity contribution in [3.63, 3.8) is 0 Å². The fourth-order valence-corrected chi connectivity index (χ4v) is 3.16. The minimum absolute atomic E-state index is 0.163. The third-order valence-corrected chi connectivity index (χ3v) is 4.89. The highest BCUT2D eigenvalue weighted by atomic mass is 32.1. The van der Waals surface area contributed by atoms with Gasteiger partial charge < -0.3 is 14.8 Å². The van der Waals surface area contributed by atoms with Crippen LogP contribution < -0.4 is 10.1 Å². The summed E-state index contributed by atoms with van der Waals surface area (Å²) in [6.07, 6.45) is 3.31. The predicted molar refractivity (Wildman–Crippen MR) is 102 cm³/mol. The largest absolute Gasteiger partial charge is 0.489 e. The van der Waals surface area contributed by atoms with Crippen molar-refractivity contribution in [2.45, 2.75) is 27.2 Å². The summed E-state index contributed by atoms with van der Waals surface area (Å²) in [5.74, 6) is 0.667. The first-order valence-corrected chi connectivity index (χ1v) is 9.03. The van der Waals surface area contributed by atoms with E-state index in [1.165, 1.54) is 22.5 Å². The summed E-state index contributed by atoms with van der Waals surface area (Å²) in [6, 6.07) is 7.87. The van der Waals surface area contributed by atoms with Crippen LogP contribution in [0.1, 0.15) is 26.4 Å². The zero-order valence-electron chi connectivity index (χ0n) is 15.0. The molecule has 0 aliphatic rings. The maximum atomic E-state index is 12.3. The van der Waals surface area contributed by atoms with Gasteiger partial charge in [0.15, 0.2) is 0 Å². The summed E-state index contributed by atoms with van der Waals surface area (Å²) in [5, 5.41) is 8.86. The molecule has 3 aromatic rings. The molecule has 0 unspecified atom stereocenters. The number of rotatable bonds is 7. The third kappa shape index (κ3) is 4.50. The molecule has 7 heteroatoms. The van der Waals surface area contributed by atoms with Crippen molar-refractivity contribution in [2.24, 2.45) is 0 Å². The average Bonchev–Trinajstić information content (AvgIpc) is 3.26. The van der Waals surface area contributed by atoms with E-state index in [2.05, 4.69) is 24.3 Å². The number of benzene rings is 1. The molecule has 2 heterocycles. The van der Waals surface area contributed by atoms with Crippen molar-refractivity contribution in [1.82, 2.24) is 9.78 Å². The molecule has 0 spiro atoms. The number of hydrogen-bond acceptors (Lipinski definition) is 5. The topological polar surface area (TPSA) is 65.4 Å². The first kappa shape index (κ1) is 18.2. The number of hydrogen-bond donors (Lipinski definition) is 1. The van der Waals surface area contributed by atoms with Crippen molar-refractivity contribution in [1.29, 1.82) is 0 Å². The fraction of sp³-hybridized carbons (Fsp3) is 0.263. The summed E-state index contributed by atoms with van der Waals surface area (Å²) in [5.41, 5.74) is 4.03. The lowest BCUT2D eigenvalue weighted by Gasteiger charge is -2.07. The Morgan fingerprint density at radius 3 is 2.88 bits per heavy atom. The molecule has 0 saturated carbocycles. The van der Waals surface area contributed by atoms with Gasteiger partial charge in [0.2, 0.25) is 0 Å². The van der Waals surface area contributed by atoms with Gasteiger partial charge in [-0.1, -0.05) is 6.07 Å². The van der Waals surface area contributed by atoms with Crippen molar-refractivity contribution in [3.8, 4) is 5.75 Å². The van der Waals surface area contributed by atoms with Gasteiger partial charge in [0.05, 0.1) is 23.0 Å². The number of anilines is 1. The molecule has 136 valence electrons. The number of nitrogens with zero attached hydrogens (tertiary/aromatic N) is 2. The predicted octanol–water partition coefficient (Wildman–Crippen LogP) is 4.00. The lowest BCUT2D eigenvalue weighted by Crippen LogP contribution is -2.09. The molecule has 1 aromatic carbocycles. The van der Waals surface area contributed by atoms with Crippen LogP contribution in [0.4, 0.5) is 5.69 Å². The Kier molecular flexibility index (Phi) is 5.70. The van der Waals surface area contributed by atoms with Gasteiger partial charge in [-0.25, -0.2) is 4.68 Å². The first-order chi connectivity index (χ1) is 12.5. The molecule has 0 radical (unpaired) electrons. The molecule has 0 fully saturated rings. The second-order valence-electron chi connectivity index (χ2n) is 5.99. The Hall–Kier alpha value is -2.64. The quantitative estimate of drug-likeness (QED) is 0.682. The molecule has 26 heavy (non-hydrogen) atoms. The van der Waals surface area contributed by atoms with E-state index in [0.717, 1.165) is 11.3 Å². The maximum Gasteiger partial charge on any atom is 0.265 e. The Balaban J connectivity index is 1.57. The van der Waals surface area contributed by atoms with Crippen molar-refractivity contribution in [3.05, 3.63) is 63.6 Å². The van der Waals surface area contributed by atoms with E-state index in [1.807, 2.05) is 29.6 Å². The van der Waals surface area contributed by atoms with Gasteiger partial charge in [-0.3, -0.25) is 4.79 Å². The van der Waals surface area contributed by atoms with Crippen LogP contribution in [0.15, 0.2) is 42.0 Å². The zero-order valence-corrected chi connectivity index (χ0v) is 15.8. The molecule has 2 aromatic heterocycles. The van der Waals surface area contributed by atoms with Crippen LogP contribution in [0.5, 0.6) is 5.75 Å². The summed E-state index contributed by atoms with van der Waals surface area (Å²) >= 11 is 1.39. The highest BCUT2D eigenvalue weighted by molar-refractivity contribution is 7.12. The molecule has 0 saturated heterocycles. The van der Waals surface area contributed by atoms with Gasteiger partial charge in [-0.05, 0) is 48.6 Å². The van der Waals surface area contributed by atoms with E-state index in [-0.39, 0.29) is 5.91 Å². The van der Waals surface area contributed by atoms with Gasteiger partial charge in [-0.2, -0.15) is 5.10 Å². The second-order valence-corrected chi connectivity index (χ2v) is 6.91. The highest BCUT2D eigenvalue weighted by Gasteiger charge is 2.11. The summed E-state index contributed by atoms with van der Waals surface area (Å²) < 4.78 is 12.4. The molecule has 0 atom stereocenters. The second kappa shape index (κ2) is 8.16. The molecular weight excluding hydrogens is 350 g/mol. The Labute approximate surface area is 156 Å². The monoisotopic (exact) mass is 371 g/mol. The third-order valence-electron chi connectivity index (χ3n) is 3.91. The van der Waals surface area contributed by atoms with Crippen LogP contribution in [0, 0.1) is 13.8 Å². The SMILES string of the molecule is COCn1cc(NC(=O)c2cc(COc3ccc(C)c(C)c3)cs2)cn1. The number of nitrogens with one attached hydrogen (secondary N) is 1. The number of aryl methyl sites for hydroxylation is 2. The lowest BCUT2D eigenvalue weighted by molar-refractivity contribution is 0.103. The Morgan fingerprint density at radius 1 is 1.27 bits per heavy atom. The Morgan fingerprint density at radius 2 is 2.12 bits per heavy atom. The maximum absolute atomic E-state index is 12.3. The number of methoxy groups -OCH3 is 1. The number of aromatic nitrogens is 2. The summed E-state index contributed by atoms with van der Waals surface area (Å²) in [4.78, 5) is 13.0.